The molecule has 4 rings (SSSR count). The van der Waals surface area contributed by atoms with Crippen LogP contribution in [0.2, 0.25) is 0 Å². The van der Waals surface area contributed by atoms with Crippen LogP contribution >= 0.6 is 0 Å². The summed E-state index contributed by atoms with van der Waals surface area (Å²) in [7, 11) is 1.99. The molecule has 25 heavy (non-hydrogen) atoms. The zero-order chi connectivity index (χ0) is 17.1. The van der Waals surface area contributed by atoms with E-state index in [0.29, 0.717) is 24.9 Å². The van der Waals surface area contributed by atoms with Crippen molar-refractivity contribution in [3.63, 3.8) is 0 Å². The smallest absolute Gasteiger partial charge is 0.226 e. The van der Waals surface area contributed by atoms with E-state index in [1.807, 2.05) is 36.1 Å². The van der Waals surface area contributed by atoms with Gasteiger partial charge in [0.2, 0.25) is 11.8 Å². The monoisotopic (exact) mass is 335 g/mol. The van der Waals surface area contributed by atoms with E-state index in [1.165, 1.54) is 0 Å². The first kappa shape index (κ1) is 15.1. The molecule has 0 unspecified atom stereocenters. The number of fused-ring (bicyclic) bond motifs is 1. The molecule has 0 aliphatic heterocycles. The molecule has 0 saturated heterocycles. The number of ether oxygens (including phenoxy) is 1. The standard InChI is InChI=1S/C17H17N7O/c1-23-10-6-13-3-2-4-14(16(13)23)25-15-5-7-18-17(21-15)19-8-11-24-12-9-20-22-24/h2-7,9-10,12H,8,11H2,1H3,(H,18,19,21). The van der Waals surface area contributed by atoms with Crippen LogP contribution in [0.15, 0.2) is 55.1 Å². The highest BCUT2D eigenvalue weighted by atomic mass is 16.5. The number of nitrogens with one attached hydrogen (secondary N) is 1. The van der Waals surface area contributed by atoms with E-state index in [4.69, 9.17) is 4.74 Å². The molecule has 0 atom stereocenters. The van der Waals surface area contributed by atoms with Gasteiger partial charge in [0.15, 0.2) is 5.75 Å². The molecule has 4 aromatic rings. The van der Waals surface area contributed by atoms with Gasteiger partial charge in [0.25, 0.3) is 0 Å². The first-order chi connectivity index (χ1) is 12.3. The molecule has 0 spiro atoms. The number of anilines is 1. The molecule has 3 aromatic heterocycles. The summed E-state index contributed by atoms with van der Waals surface area (Å²) in [5.41, 5.74) is 1.03. The molecule has 0 bridgehead atoms. The largest absolute Gasteiger partial charge is 0.437 e. The van der Waals surface area contributed by atoms with E-state index in [9.17, 15) is 0 Å². The summed E-state index contributed by atoms with van der Waals surface area (Å²) in [4.78, 5) is 8.63. The van der Waals surface area contributed by atoms with Crippen molar-refractivity contribution in [3.8, 4) is 11.6 Å². The molecule has 126 valence electrons. The third-order valence-corrected chi connectivity index (χ3v) is 3.80. The third-order valence-electron chi connectivity index (χ3n) is 3.80. The van der Waals surface area contributed by atoms with Gasteiger partial charge in [0.05, 0.1) is 18.3 Å². The zero-order valence-corrected chi connectivity index (χ0v) is 13.7. The predicted molar refractivity (Wildman–Crippen MR) is 93.5 cm³/mol. The minimum atomic E-state index is 0.493. The summed E-state index contributed by atoms with van der Waals surface area (Å²) in [5.74, 6) is 1.76. The molecule has 0 fully saturated rings. The van der Waals surface area contributed by atoms with Crippen molar-refractivity contribution in [2.75, 3.05) is 11.9 Å². The summed E-state index contributed by atoms with van der Waals surface area (Å²) in [6, 6.07) is 9.75. The molecule has 8 nitrogen and oxygen atoms in total. The van der Waals surface area contributed by atoms with Crippen molar-refractivity contribution < 1.29 is 4.74 Å². The molecular formula is C17H17N7O. The Hall–Kier alpha value is -3.42. The normalized spacial score (nSPS) is 10.9. The Bertz CT molecular complexity index is 978. The number of aromatic nitrogens is 6. The molecule has 3 heterocycles. The number of rotatable bonds is 6. The Morgan fingerprint density at radius 2 is 2.08 bits per heavy atom. The van der Waals surface area contributed by atoms with Crippen LogP contribution in [-0.4, -0.2) is 36.1 Å². The average molecular weight is 335 g/mol. The summed E-state index contributed by atoms with van der Waals surface area (Å²) in [5, 5.41) is 12.0. The summed E-state index contributed by atoms with van der Waals surface area (Å²) >= 11 is 0. The second-order valence-corrected chi connectivity index (χ2v) is 5.53. The molecule has 0 aliphatic rings. The molecule has 1 aromatic carbocycles. The van der Waals surface area contributed by atoms with Crippen molar-refractivity contribution in [2.45, 2.75) is 6.54 Å². The second kappa shape index (κ2) is 6.60. The van der Waals surface area contributed by atoms with E-state index >= 15 is 0 Å². The first-order valence-corrected chi connectivity index (χ1v) is 7.92. The lowest BCUT2D eigenvalue weighted by molar-refractivity contribution is 0.465. The van der Waals surface area contributed by atoms with Gasteiger partial charge in [-0.25, -0.2) is 4.98 Å². The van der Waals surface area contributed by atoms with Crippen molar-refractivity contribution in [3.05, 3.63) is 55.1 Å². The number of nitrogens with zero attached hydrogens (tertiary/aromatic N) is 6. The summed E-state index contributed by atoms with van der Waals surface area (Å²) in [6.45, 7) is 1.32. The van der Waals surface area contributed by atoms with Gasteiger partial charge in [-0.1, -0.05) is 17.3 Å². The highest BCUT2D eigenvalue weighted by Gasteiger charge is 2.08. The molecule has 0 saturated carbocycles. The molecule has 0 radical (unpaired) electrons. The molecule has 8 heteroatoms. The Balaban J connectivity index is 1.48. The van der Waals surface area contributed by atoms with Gasteiger partial charge < -0.3 is 14.6 Å². The van der Waals surface area contributed by atoms with E-state index in [2.05, 4.69) is 37.7 Å². The van der Waals surface area contributed by atoms with Gasteiger partial charge in [-0.3, -0.25) is 4.68 Å². The van der Waals surface area contributed by atoms with Crippen LogP contribution in [0.4, 0.5) is 5.95 Å². The van der Waals surface area contributed by atoms with E-state index < -0.39 is 0 Å². The fraction of sp³-hybridized carbons (Fsp3) is 0.176. The van der Waals surface area contributed by atoms with Crippen LogP contribution in [0, 0.1) is 0 Å². The average Bonchev–Trinajstić information content (AvgIpc) is 3.26. The molecule has 0 amide bonds. The maximum absolute atomic E-state index is 5.98. The van der Waals surface area contributed by atoms with E-state index in [1.54, 1.807) is 23.1 Å². The van der Waals surface area contributed by atoms with Crippen LogP contribution in [0.1, 0.15) is 0 Å². The van der Waals surface area contributed by atoms with Crippen molar-refractivity contribution >= 4 is 16.9 Å². The summed E-state index contributed by atoms with van der Waals surface area (Å²) in [6.07, 6.45) is 7.14. The van der Waals surface area contributed by atoms with Gasteiger partial charge in [-0.15, -0.1) is 5.10 Å². The topological polar surface area (TPSA) is 82.7 Å². The van der Waals surface area contributed by atoms with Crippen LogP contribution < -0.4 is 10.1 Å². The van der Waals surface area contributed by atoms with Crippen molar-refractivity contribution in [1.82, 2.24) is 29.5 Å². The van der Waals surface area contributed by atoms with Crippen molar-refractivity contribution in [1.29, 1.82) is 0 Å². The van der Waals surface area contributed by atoms with E-state index in [0.717, 1.165) is 16.7 Å². The van der Waals surface area contributed by atoms with Crippen LogP contribution in [0.5, 0.6) is 11.6 Å². The first-order valence-electron chi connectivity index (χ1n) is 7.92. The van der Waals surface area contributed by atoms with Gasteiger partial charge in [0, 0.05) is 43.6 Å². The fourth-order valence-electron chi connectivity index (χ4n) is 2.63. The zero-order valence-electron chi connectivity index (χ0n) is 13.7. The lowest BCUT2D eigenvalue weighted by atomic mass is 10.2. The second-order valence-electron chi connectivity index (χ2n) is 5.53. The number of para-hydroxylation sites is 1. The predicted octanol–water partition coefficient (Wildman–Crippen LogP) is 2.46. The maximum atomic E-state index is 5.98. The maximum Gasteiger partial charge on any atom is 0.226 e. The Morgan fingerprint density at radius 3 is 2.96 bits per heavy atom. The highest BCUT2D eigenvalue weighted by molar-refractivity contribution is 5.86. The van der Waals surface area contributed by atoms with Gasteiger partial charge in [0.1, 0.15) is 0 Å². The SMILES string of the molecule is Cn1ccc2cccc(Oc3ccnc(NCCn4ccnn4)n3)c21. The number of hydrogen-bond donors (Lipinski definition) is 1. The number of aryl methyl sites for hydroxylation is 1. The Morgan fingerprint density at radius 1 is 1.12 bits per heavy atom. The number of hydrogen-bond acceptors (Lipinski definition) is 6. The Labute approximate surface area is 144 Å². The van der Waals surface area contributed by atoms with E-state index in [-0.39, 0.29) is 0 Å². The van der Waals surface area contributed by atoms with Gasteiger partial charge in [-0.2, -0.15) is 4.98 Å². The minimum absolute atomic E-state index is 0.493. The molecule has 1 N–H and O–H groups in total. The van der Waals surface area contributed by atoms with Crippen LogP contribution in [0.3, 0.4) is 0 Å². The molecular weight excluding hydrogens is 318 g/mol. The number of benzene rings is 1. The van der Waals surface area contributed by atoms with Gasteiger partial charge in [-0.05, 0) is 12.1 Å². The quantitative estimate of drug-likeness (QED) is 0.583. The highest BCUT2D eigenvalue weighted by Crippen LogP contribution is 2.29. The lowest BCUT2D eigenvalue weighted by Gasteiger charge is -2.09. The van der Waals surface area contributed by atoms with Crippen LogP contribution in [-0.2, 0) is 13.6 Å². The van der Waals surface area contributed by atoms with Crippen LogP contribution in [0.25, 0.3) is 10.9 Å². The van der Waals surface area contributed by atoms with Gasteiger partial charge >= 0.3 is 0 Å². The minimum Gasteiger partial charge on any atom is -0.437 e. The lowest BCUT2D eigenvalue weighted by Crippen LogP contribution is -2.12. The molecule has 0 aliphatic carbocycles. The van der Waals surface area contributed by atoms with Crippen molar-refractivity contribution in [2.24, 2.45) is 7.05 Å². The summed E-state index contributed by atoms with van der Waals surface area (Å²) < 4.78 is 9.75. The third kappa shape index (κ3) is 3.27. The Kier molecular flexibility index (Phi) is 3.99. The fourth-order valence-corrected chi connectivity index (χ4v) is 2.63.